The van der Waals surface area contributed by atoms with Crippen molar-refractivity contribution < 1.29 is 9.53 Å². The topological polar surface area (TPSA) is 76.1 Å². The zero-order chi connectivity index (χ0) is 18.2. The van der Waals surface area contributed by atoms with Gasteiger partial charge in [0.1, 0.15) is 5.82 Å². The molecule has 0 saturated carbocycles. The van der Waals surface area contributed by atoms with Crippen LogP contribution >= 0.6 is 0 Å². The quantitative estimate of drug-likeness (QED) is 0.571. The van der Waals surface area contributed by atoms with Gasteiger partial charge in [-0.05, 0) is 50.3 Å². The second kappa shape index (κ2) is 8.99. The van der Waals surface area contributed by atoms with E-state index in [1.54, 1.807) is 24.4 Å². The smallest absolute Gasteiger partial charge is 0.339 e. The Hall–Kier alpha value is -2.89. The number of carbonyl (C=O) groups excluding carboxylic acids is 1. The van der Waals surface area contributed by atoms with Gasteiger partial charge in [-0.3, -0.25) is 0 Å². The number of allylic oxidation sites excluding steroid dienone is 1. The molecule has 0 unspecified atom stereocenters. The molecule has 0 radical (unpaired) electrons. The maximum atomic E-state index is 11.9. The van der Waals surface area contributed by atoms with Crippen LogP contribution in [0.4, 0.5) is 17.5 Å². The molecule has 0 spiro atoms. The number of anilines is 3. The molecule has 2 aromatic rings. The molecule has 0 fully saturated rings. The molecule has 1 aliphatic rings. The lowest BCUT2D eigenvalue weighted by atomic mass is 9.97. The van der Waals surface area contributed by atoms with Crippen LogP contribution in [-0.4, -0.2) is 29.6 Å². The van der Waals surface area contributed by atoms with Gasteiger partial charge in [0.05, 0.1) is 18.4 Å². The Balaban J connectivity index is 1.62. The Kier molecular flexibility index (Phi) is 6.19. The monoisotopic (exact) mass is 352 g/mol. The standard InChI is InChI=1S/C20H24N4O2/c1-26-19(25)16-9-5-6-10-17(16)23-18-12-14-22-20(24-18)21-13-11-15-7-3-2-4-8-15/h5-7,9-10,12,14H,2-4,8,11,13H2,1H3,(H2,21,22,23,24). The molecule has 3 rings (SSSR count). The lowest BCUT2D eigenvalue weighted by molar-refractivity contribution is 0.0602. The zero-order valence-electron chi connectivity index (χ0n) is 15.0. The number of esters is 1. The number of nitrogens with zero attached hydrogens (tertiary/aromatic N) is 2. The number of para-hydroxylation sites is 1. The first-order valence-electron chi connectivity index (χ1n) is 8.95. The highest BCUT2D eigenvalue weighted by Gasteiger charge is 2.11. The second-order valence-electron chi connectivity index (χ2n) is 6.21. The van der Waals surface area contributed by atoms with Gasteiger partial charge in [0.25, 0.3) is 0 Å². The number of rotatable bonds is 7. The van der Waals surface area contributed by atoms with Crippen molar-refractivity contribution >= 4 is 23.4 Å². The van der Waals surface area contributed by atoms with Crippen LogP contribution in [0.2, 0.25) is 0 Å². The number of nitrogens with one attached hydrogen (secondary N) is 2. The van der Waals surface area contributed by atoms with Crippen LogP contribution in [0.3, 0.4) is 0 Å². The molecule has 26 heavy (non-hydrogen) atoms. The van der Waals surface area contributed by atoms with Crippen LogP contribution in [0.15, 0.2) is 48.2 Å². The molecule has 0 bridgehead atoms. The van der Waals surface area contributed by atoms with Crippen molar-refractivity contribution in [3.63, 3.8) is 0 Å². The number of benzene rings is 1. The van der Waals surface area contributed by atoms with Crippen molar-refractivity contribution in [1.82, 2.24) is 9.97 Å². The van der Waals surface area contributed by atoms with Gasteiger partial charge < -0.3 is 15.4 Å². The van der Waals surface area contributed by atoms with Crippen LogP contribution in [-0.2, 0) is 4.74 Å². The predicted molar refractivity (Wildman–Crippen MR) is 103 cm³/mol. The third-order valence-electron chi connectivity index (χ3n) is 4.36. The van der Waals surface area contributed by atoms with Crippen molar-refractivity contribution in [2.75, 3.05) is 24.3 Å². The number of hydrogen-bond acceptors (Lipinski definition) is 6. The number of ether oxygens (including phenoxy) is 1. The van der Waals surface area contributed by atoms with Crippen molar-refractivity contribution in [2.45, 2.75) is 32.1 Å². The molecular formula is C20H24N4O2. The van der Waals surface area contributed by atoms with E-state index in [-0.39, 0.29) is 5.97 Å². The molecule has 2 N–H and O–H groups in total. The van der Waals surface area contributed by atoms with Crippen LogP contribution in [0.1, 0.15) is 42.5 Å². The first-order chi connectivity index (χ1) is 12.8. The molecule has 6 heteroatoms. The third-order valence-corrected chi connectivity index (χ3v) is 4.36. The predicted octanol–water partition coefficient (Wildman–Crippen LogP) is 4.31. The molecule has 0 amide bonds. The van der Waals surface area contributed by atoms with Crippen molar-refractivity contribution in [3.05, 3.63) is 53.7 Å². The summed E-state index contributed by atoms with van der Waals surface area (Å²) in [5.74, 6) is 0.805. The van der Waals surface area contributed by atoms with E-state index in [1.807, 2.05) is 12.1 Å². The summed E-state index contributed by atoms with van der Waals surface area (Å²) >= 11 is 0. The van der Waals surface area contributed by atoms with Gasteiger partial charge in [-0.15, -0.1) is 0 Å². The Bertz CT molecular complexity index is 789. The fourth-order valence-corrected chi connectivity index (χ4v) is 3.00. The summed E-state index contributed by atoms with van der Waals surface area (Å²) in [6.07, 6.45) is 10.1. The highest BCUT2D eigenvalue weighted by atomic mass is 16.5. The van der Waals surface area contributed by atoms with E-state index < -0.39 is 0 Å². The summed E-state index contributed by atoms with van der Waals surface area (Å²) in [6, 6.07) is 8.95. The minimum Gasteiger partial charge on any atom is -0.465 e. The van der Waals surface area contributed by atoms with E-state index in [4.69, 9.17) is 4.74 Å². The van der Waals surface area contributed by atoms with Gasteiger partial charge in [-0.25, -0.2) is 9.78 Å². The van der Waals surface area contributed by atoms with Crippen molar-refractivity contribution in [2.24, 2.45) is 0 Å². The van der Waals surface area contributed by atoms with Gasteiger partial charge in [0.2, 0.25) is 5.95 Å². The van der Waals surface area contributed by atoms with E-state index in [0.29, 0.717) is 23.0 Å². The van der Waals surface area contributed by atoms with Gasteiger partial charge in [-0.2, -0.15) is 4.98 Å². The van der Waals surface area contributed by atoms with Crippen LogP contribution in [0.25, 0.3) is 0 Å². The molecule has 1 aromatic carbocycles. The molecule has 1 aliphatic carbocycles. The van der Waals surface area contributed by atoms with Gasteiger partial charge >= 0.3 is 5.97 Å². The molecular weight excluding hydrogens is 328 g/mol. The summed E-state index contributed by atoms with van der Waals surface area (Å²) in [5.41, 5.74) is 2.63. The lowest BCUT2D eigenvalue weighted by Gasteiger charge is -2.13. The summed E-state index contributed by atoms with van der Waals surface area (Å²) in [4.78, 5) is 20.6. The Morgan fingerprint density at radius 3 is 2.92 bits per heavy atom. The highest BCUT2D eigenvalue weighted by Crippen LogP contribution is 2.22. The Morgan fingerprint density at radius 2 is 2.12 bits per heavy atom. The first kappa shape index (κ1) is 17.9. The largest absolute Gasteiger partial charge is 0.465 e. The van der Waals surface area contributed by atoms with E-state index >= 15 is 0 Å². The van der Waals surface area contributed by atoms with E-state index in [0.717, 1.165) is 13.0 Å². The zero-order valence-corrected chi connectivity index (χ0v) is 15.0. The minimum absolute atomic E-state index is 0.388. The SMILES string of the molecule is COC(=O)c1ccccc1Nc1ccnc(NCCC2=CCCCC2)n1. The molecule has 0 aliphatic heterocycles. The normalized spacial score (nSPS) is 13.7. The Morgan fingerprint density at radius 1 is 1.23 bits per heavy atom. The minimum atomic E-state index is -0.388. The van der Waals surface area contributed by atoms with Crippen molar-refractivity contribution in [1.29, 1.82) is 0 Å². The third kappa shape index (κ3) is 4.81. The molecule has 0 saturated heterocycles. The number of methoxy groups -OCH3 is 1. The molecule has 0 atom stereocenters. The average Bonchev–Trinajstić information content (AvgIpc) is 2.69. The molecule has 1 aromatic heterocycles. The fraction of sp³-hybridized carbons (Fsp3) is 0.350. The van der Waals surface area contributed by atoms with E-state index in [9.17, 15) is 4.79 Å². The molecule has 136 valence electrons. The maximum absolute atomic E-state index is 11.9. The molecule has 6 nitrogen and oxygen atoms in total. The summed E-state index contributed by atoms with van der Waals surface area (Å²) in [6.45, 7) is 0.814. The van der Waals surface area contributed by atoms with Crippen LogP contribution < -0.4 is 10.6 Å². The second-order valence-corrected chi connectivity index (χ2v) is 6.21. The maximum Gasteiger partial charge on any atom is 0.339 e. The van der Waals surface area contributed by atoms with Crippen LogP contribution in [0.5, 0.6) is 0 Å². The van der Waals surface area contributed by atoms with Gasteiger partial charge in [0, 0.05) is 12.7 Å². The van der Waals surface area contributed by atoms with Crippen molar-refractivity contribution in [3.8, 4) is 0 Å². The van der Waals surface area contributed by atoms with Crippen LogP contribution in [0, 0.1) is 0 Å². The summed E-state index contributed by atoms with van der Waals surface area (Å²) < 4.78 is 4.82. The van der Waals surface area contributed by atoms with Gasteiger partial charge in [0.15, 0.2) is 0 Å². The first-order valence-corrected chi connectivity index (χ1v) is 8.95. The summed E-state index contributed by atoms with van der Waals surface area (Å²) in [7, 11) is 1.37. The average molecular weight is 352 g/mol. The fourth-order valence-electron chi connectivity index (χ4n) is 3.00. The number of aromatic nitrogens is 2. The van der Waals surface area contributed by atoms with Gasteiger partial charge in [-0.1, -0.05) is 23.8 Å². The van der Waals surface area contributed by atoms with E-state index in [2.05, 4.69) is 26.7 Å². The molecule has 1 heterocycles. The number of carbonyl (C=O) groups is 1. The van der Waals surface area contributed by atoms with E-state index in [1.165, 1.54) is 38.4 Å². The summed E-state index contributed by atoms with van der Waals surface area (Å²) in [5, 5.41) is 6.44. The number of hydrogen-bond donors (Lipinski definition) is 2. The Labute approximate surface area is 153 Å². The lowest BCUT2D eigenvalue weighted by Crippen LogP contribution is -2.09. The highest BCUT2D eigenvalue weighted by molar-refractivity contribution is 5.96.